The van der Waals surface area contributed by atoms with Crippen molar-refractivity contribution >= 4 is 80.9 Å². The van der Waals surface area contributed by atoms with E-state index in [-0.39, 0.29) is 0 Å². The summed E-state index contributed by atoms with van der Waals surface area (Å²) in [4.78, 5) is 2.51. The predicted molar refractivity (Wildman–Crippen MR) is 243 cm³/mol. The maximum absolute atomic E-state index is 2.51. The number of hydrogen-bond acceptors (Lipinski definition) is 2. The summed E-state index contributed by atoms with van der Waals surface area (Å²) >= 11 is 1.86. The Kier molecular flexibility index (Phi) is 7.75. The molecule has 56 heavy (non-hydrogen) atoms. The van der Waals surface area contributed by atoms with E-state index < -0.39 is 0 Å². The second-order valence-electron chi connectivity index (χ2n) is 14.5. The number of hydrogen-bond donors (Lipinski definition) is 0. The van der Waals surface area contributed by atoms with Crippen LogP contribution in [0.25, 0.3) is 85.9 Å². The highest BCUT2D eigenvalue weighted by Gasteiger charge is 2.24. The Morgan fingerprint density at radius 2 is 0.875 bits per heavy atom. The quantitative estimate of drug-likeness (QED) is 0.165. The van der Waals surface area contributed by atoms with Gasteiger partial charge in [-0.05, 0) is 103 Å². The molecule has 11 rings (SSSR count). The minimum atomic E-state index is 1.12. The van der Waals surface area contributed by atoms with Crippen LogP contribution < -0.4 is 4.90 Å². The van der Waals surface area contributed by atoms with Crippen LogP contribution in [0.4, 0.5) is 17.1 Å². The molecular weight excluding hydrogens is 695 g/mol. The second-order valence-corrected chi connectivity index (χ2v) is 15.6. The molecule has 0 radical (unpaired) electrons. The van der Waals surface area contributed by atoms with Crippen LogP contribution in [-0.2, 0) is 0 Å². The van der Waals surface area contributed by atoms with Crippen LogP contribution in [0.3, 0.4) is 0 Å². The van der Waals surface area contributed by atoms with Crippen molar-refractivity contribution in [3.05, 3.63) is 212 Å². The highest BCUT2D eigenvalue weighted by molar-refractivity contribution is 7.25. The standard InChI is InChI=1S/C54H35NS/c1-2-12-36(13-3-1)42-27-30-50(49(34-42)43-24-22-37-14-4-6-17-40(37)32-43)55(45-28-29-48-47-20-10-11-21-52(47)56-53(48)35-45)51-31-26-39-16-8-9-19-46(39)54(51)44-25-23-38-15-5-7-18-41(38)33-44/h1-35H. The van der Waals surface area contributed by atoms with Gasteiger partial charge in [0.25, 0.3) is 0 Å². The first-order valence-corrected chi connectivity index (χ1v) is 20.0. The van der Waals surface area contributed by atoms with Gasteiger partial charge in [-0.15, -0.1) is 11.3 Å². The SMILES string of the molecule is c1ccc(-c2ccc(N(c3ccc4c(c3)sc3ccccc34)c3ccc4ccccc4c3-c3ccc4ccccc4c3)c(-c3ccc4ccccc4c3)c2)cc1. The number of benzene rings is 10. The van der Waals surface area contributed by atoms with Gasteiger partial charge in [-0.2, -0.15) is 0 Å². The molecule has 1 nitrogen and oxygen atoms in total. The Balaban J connectivity index is 1.24. The molecule has 0 saturated heterocycles. The lowest BCUT2D eigenvalue weighted by Gasteiger charge is -2.31. The van der Waals surface area contributed by atoms with Crippen molar-refractivity contribution in [3.8, 4) is 33.4 Å². The smallest absolute Gasteiger partial charge is 0.0546 e. The molecule has 0 fully saturated rings. The van der Waals surface area contributed by atoms with E-state index in [2.05, 4.69) is 217 Å². The number of anilines is 3. The average molecular weight is 730 g/mol. The zero-order valence-electron chi connectivity index (χ0n) is 30.6. The summed E-state index contributed by atoms with van der Waals surface area (Å²) in [7, 11) is 0. The maximum Gasteiger partial charge on any atom is 0.0546 e. The lowest BCUT2D eigenvalue weighted by atomic mass is 9.92. The summed E-state index contributed by atoms with van der Waals surface area (Å²) in [6.45, 7) is 0. The molecule has 0 amide bonds. The lowest BCUT2D eigenvalue weighted by Crippen LogP contribution is -2.13. The fourth-order valence-electron chi connectivity index (χ4n) is 8.49. The molecule has 0 spiro atoms. The van der Waals surface area contributed by atoms with E-state index in [0.29, 0.717) is 0 Å². The normalized spacial score (nSPS) is 11.6. The summed E-state index contributed by atoms with van der Waals surface area (Å²) in [6.07, 6.45) is 0. The van der Waals surface area contributed by atoms with E-state index in [9.17, 15) is 0 Å². The Hall–Kier alpha value is -7.00. The van der Waals surface area contributed by atoms with Crippen molar-refractivity contribution in [3.63, 3.8) is 0 Å². The van der Waals surface area contributed by atoms with Crippen molar-refractivity contribution in [2.45, 2.75) is 0 Å². The first kappa shape index (κ1) is 32.4. The van der Waals surface area contributed by atoms with Gasteiger partial charge in [0.2, 0.25) is 0 Å². The number of thiophene rings is 1. The zero-order valence-corrected chi connectivity index (χ0v) is 31.4. The predicted octanol–water partition coefficient (Wildman–Crippen LogP) is 16.0. The summed E-state index contributed by atoms with van der Waals surface area (Å²) in [5.41, 5.74) is 10.5. The molecule has 0 bridgehead atoms. The number of fused-ring (bicyclic) bond motifs is 6. The van der Waals surface area contributed by atoms with Gasteiger partial charge in [-0.3, -0.25) is 0 Å². The Morgan fingerprint density at radius 3 is 1.66 bits per heavy atom. The van der Waals surface area contributed by atoms with Crippen molar-refractivity contribution in [1.29, 1.82) is 0 Å². The van der Waals surface area contributed by atoms with E-state index in [1.54, 1.807) is 0 Å². The molecule has 11 aromatic rings. The summed E-state index contributed by atoms with van der Waals surface area (Å²) in [5, 5.41) is 9.95. The minimum Gasteiger partial charge on any atom is -0.309 e. The van der Waals surface area contributed by atoms with Crippen molar-refractivity contribution in [1.82, 2.24) is 0 Å². The number of nitrogens with zero attached hydrogens (tertiary/aromatic N) is 1. The third-order valence-corrected chi connectivity index (χ3v) is 12.3. The summed E-state index contributed by atoms with van der Waals surface area (Å²) in [5.74, 6) is 0. The molecule has 1 aromatic heterocycles. The fraction of sp³-hybridized carbons (Fsp3) is 0. The van der Waals surface area contributed by atoms with Crippen molar-refractivity contribution in [2.24, 2.45) is 0 Å². The Labute approximate surface area is 330 Å². The molecule has 0 atom stereocenters. The average Bonchev–Trinajstić information content (AvgIpc) is 3.64. The van der Waals surface area contributed by atoms with Crippen LogP contribution >= 0.6 is 11.3 Å². The van der Waals surface area contributed by atoms with Crippen LogP contribution in [0.15, 0.2) is 212 Å². The van der Waals surface area contributed by atoms with Gasteiger partial charge in [0.15, 0.2) is 0 Å². The van der Waals surface area contributed by atoms with Gasteiger partial charge < -0.3 is 4.90 Å². The Morgan fingerprint density at radius 1 is 0.304 bits per heavy atom. The van der Waals surface area contributed by atoms with E-state index in [0.717, 1.165) is 17.1 Å². The number of rotatable bonds is 6. The zero-order chi connectivity index (χ0) is 37.0. The van der Waals surface area contributed by atoms with Gasteiger partial charge in [-0.1, -0.05) is 164 Å². The molecular formula is C54H35NS. The van der Waals surface area contributed by atoms with Crippen molar-refractivity contribution < 1.29 is 0 Å². The fourth-order valence-corrected chi connectivity index (χ4v) is 9.62. The van der Waals surface area contributed by atoms with E-state index >= 15 is 0 Å². The van der Waals surface area contributed by atoms with Crippen LogP contribution in [0.5, 0.6) is 0 Å². The third-order valence-electron chi connectivity index (χ3n) is 11.2. The van der Waals surface area contributed by atoms with Crippen LogP contribution in [-0.4, -0.2) is 0 Å². The van der Waals surface area contributed by atoms with E-state index in [4.69, 9.17) is 0 Å². The summed E-state index contributed by atoms with van der Waals surface area (Å²) < 4.78 is 2.58. The van der Waals surface area contributed by atoms with Crippen LogP contribution in [0.2, 0.25) is 0 Å². The van der Waals surface area contributed by atoms with Gasteiger partial charge in [0.1, 0.15) is 0 Å². The Bertz CT molecular complexity index is 3270. The van der Waals surface area contributed by atoms with Crippen molar-refractivity contribution in [2.75, 3.05) is 4.90 Å². The van der Waals surface area contributed by atoms with E-state index in [1.807, 2.05) is 11.3 Å². The van der Waals surface area contributed by atoms with Gasteiger partial charge in [-0.25, -0.2) is 0 Å². The minimum absolute atomic E-state index is 1.12. The van der Waals surface area contributed by atoms with E-state index in [1.165, 1.54) is 85.9 Å². The third kappa shape index (κ3) is 5.54. The summed E-state index contributed by atoms with van der Waals surface area (Å²) in [6, 6.07) is 78.1. The van der Waals surface area contributed by atoms with Gasteiger partial charge in [0.05, 0.1) is 11.4 Å². The molecule has 0 unspecified atom stereocenters. The molecule has 0 N–H and O–H groups in total. The van der Waals surface area contributed by atoms with Crippen LogP contribution in [0, 0.1) is 0 Å². The highest BCUT2D eigenvalue weighted by Crippen LogP contribution is 2.49. The molecule has 262 valence electrons. The molecule has 0 aliphatic carbocycles. The maximum atomic E-state index is 2.51. The molecule has 0 aliphatic heterocycles. The lowest BCUT2D eigenvalue weighted by molar-refractivity contribution is 1.30. The topological polar surface area (TPSA) is 3.24 Å². The molecule has 0 saturated carbocycles. The van der Waals surface area contributed by atoms with Gasteiger partial charge >= 0.3 is 0 Å². The molecule has 0 aliphatic rings. The molecule has 2 heteroatoms. The van der Waals surface area contributed by atoms with Crippen LogP contribution in [0.1, 0.15) is 0 Å². The van der Waals surface area contributed by atoms with Gasteiger partial charge in [0, 0.05) is 37.0 Å². The first-order chi connectivity index (χ1) is 27.7. The largest absolute Gasteiger partial charge is 0.309 e. The second kappa shape index (κ2) is 13.4. The monoisotopic (exact) mass is 729 g/mol. The highest BCUT2D eigenvalue weighted by atomic mass is 32.1. The first-order valence-electron chi connectivity index (χ1n) is 19.2. The molecule has 1 heterocycles. The molecule has 10 aromatic carbocycles.